The van der Waals surface area contributed by atoms with Gasteiger partial charge in [-0.3, -0.25) is 0 Å². The van der Waals surface area contributed by atoms with Gasteiger partial charge in [-0.2, -0.15) is 18.3 Å². The number of hydrogen-bond acceptors (Lipinski definition) is 4. The molecular formula is C14H14F3N3O2. The normalized spacial score (nSPS) is 11.5. The molecule has 0 aliphatic heterocycles. The molecule has 0 atom stereocenters. The van der Waals surface area contributed by atoms with Crippen LogP contribution in [0.4, 0.5) is 19.0 Å². The minimum Gasteiger partial charge on any atom is -0.461 e. The SMILES string of the molecule is CCOC(=O)c1cc(N)n(Cc2ccccc2C(F)(F)F)n1. The molecular weight excluding hydrogens is 299 g/mol. The number of aromatic nitrogens is 2. The van der Waals surface area contributed by atoms with Gasteiger partial charge in [-0.1, -0.05) is 18.2 Å². The number of carbonyl (C=O) groups is 1. The fourth-order valence-electron chi connectivity index (χ4n) is 1.96. The van der Waals surface area contributed by atoms with Crippen LogP contribution in [-0.2, 0) is 17.5 Å². The van der Waals surface area contributed by atoms with Gasteiger partial charge >= 0.3 is 12.1 Å². The zero-order valence-corrected chi connectivity index (χ0v) is 11.7. The molecule has 2 N–H and O–H groups in total. The molecule has 1 aromatic heterocycles. The zero-order chi connectivity index (χ0) is 16.3. The quantitative estimate of drug-likeness (QED) is 0.881. The van der Waals surface area contributed by atoms with E-state index in [-0.39, 0.29) is 30.2 Å². The number of hydrogen-bond donors (Lipinski definition) is 1. The maximum atomic E-state index is 13.0. The second-order valence-electron chi connectivity index (χ2n) is 4.49. The standard InChI is InChI=1S/C14H14F3N3O2/c1-2-22-13(21)11-7-12(18)20(19-11)8-9-5-3-4-6-10(9)14(15,16)17/h3-7H,2,8,18H2,1H3. The summed E-state index contributed by atoms with van der Waals surface area (Å²) in [4.78, 5) is 11.6. The Kier molecular flexibility index (Phi) is 4.39. The monoisotopic (exact) mass is 313 g/mol. The van der Waals surface area contributed by atoms with E-state index in [1.165, 1.54) is 24.3 Å². The van der Waals surface area contributed by atoms with E-state index in [9.17, 15) is 18.0 Å². The first-order chi connectivity index (χ1) is 10.3. The highest BCUT2D eigenvalue weighted by molar-refractivity contribution is 5.88. The highest BCUT2D eigenvalue weighted by Gasteiger charge is 2.33. The molecule has 8 heteroatoms. The van der Waals surface area contributed by atoms with E-state index in [0.29, 0.717) is 0 Å². The van der Waals surface area contributed by atoms with Crippen LogP contribution in [0.1, 0.15) is 28.5 Å². The van der Waals surface area contributed by atoms with Crippen LogP contribution in [0.3, 0.4) is 0 Å². The number of halogens is 3. The van der Waals surface area contributed by atoms with Gasteiger partial charge in [0.05, 0.1) is 18.7 Å². The van der Waals surface area contributed by atoms with Crippen molar-refractivity contribution in [2.24, 2.45) is 0 Å². The molecule has 1 heterocycles. The van der Waals surface area contributed by atoms with Gasteiger partial charge in [0.15, 0.2) is 5.69 Å². The molecule has 0 saturated carbocycles. The third-order valence-electron chi connectivity index (χ3n) is 2.94. The smallest absolute Gasteiger partial charge is 0.416 e. The van der Waals surface area contributed by atoms with Crippen LogP contribution in [0.2, 0.25) is 0 Å². The summed E-state index contributed by atoms with van der Waals surface area (Å²) in [5.74, 6) is -0.586. The zero-order valence-electron chi connectivity index (χ0n) is 11.7. The summed E-state index contributed by atoms with van der Waals surface area (Å²) in [7, 11) is 0. The summed E-state index contributed by atoms with van der Waals surface area (Å²) >= 11 is 0. The highest BCUT2D eigenvalue weighted by Crippen LogP contribution is 2.32. The van der Waals surface area contributed by atoms with Crippen molar-refractivity contribution in [2.45, 2.75) is 19.6 Å². The Morgan fingerprint density at radius 2 is 2.05 bits per heavy atom. The molecule has 2 rings (SSSR count). The molecule has 0 unspecified atom stereocenters. The van der Waals surface area contributed by atoms with Crippen molar-refractivity contribution < 1.29 is 22.7 Å². The number of nitrogens with zero attached hydrogens (tertiary/aromatic N) is 2. The van der Waals surface area contributed by atoms with Crippen molar-refractivity contribution >= 4 is 11.8 Å². The Balaban J connectivity index is 2.31. The molecule has 5 nitrogen and oxygen atoms in total. The molecule has 0 amide bonds. The van der Waals surface area contributed by atoms with E-state index >= 15 is 0 Å². The van der Waals surface area contributed by atoms with Crippen molar-refractivity contribution in [2.75, 3.05) is 12.3 Å². The number of nitrogens with two attached hydrogens (primary N) is 1. The third kappa shape index (κ3) is 3.38. The van der Waals surface area contributed by atoms with Crippen molar-refractivity contribution in [3.05, 3.63) is 47.2 Å². The molecule has 22 heavy (non-hydrogen) atoms. The van der Waals surface area contributed by atoms with Gasteiger partial charge in [0.25, 0.3) is 0 Å². The lowest BCUT2D eigenvalue weighted by Crippen LogP contribution is -2.14. The largest absolute Gasteiger partial charge is 0.461 e. The van der Waals surface area contributed by atoms with Crippen molar-refractivity contribution in [3.63, 3.8) is 0 Å². The second-order valence-corrected chi connectivity index (χ2v) is 4.49. The van der Waals surface area contributed by atoms with Crippen LogP contribution >= 0.6 is 0 Å². The van der Waals surface area contributed by atoms with Gasteiger partial charge in [-0.25, -0.2) is 9.48 Å². The van der Waals surface area contributed by atoms with Crippen LogP contribution in [0.15, 0.2) is 30.3 Å². The first-order valence-electron chi connectivity index (χ1n) is 6.48. The molecule has 1 aromatic carbocycles. The number of benzene rings is 1. The fraction of sp³-hybridized carbons (Fsp3) is 0.286. The second kappa shape index (κ2) is 6.08. The molecule has 0 fully saturated rings. The Labute approximate surface area is 124 Å². The molecule has 0 radical (unpaired) electrons. The first-order valence-corrected chi connectivity index (χ1v) is 6.48. The number of esters is 1. The number of rotatable bonds is 4. The summed E-state index contributed by atoms with van der Waals surface area (Å²) < 4.78 is 44.8. The number of anilines is 1. The van der Waals surface area contributed by atoms with Crippen molar-refractivity contribution in [1.82, 2.24) is 9.78 Å². The first kappa shape index (κ1) is 15.9. The Hall–Kier alpha value is -2.51. The van der Waals surface area contributed by atoms with Gasteiger partial charge < -0.3 is 10.5 Å². The van der Waals surface area contributed by atoms with E-state index in [1.54, 1.807) is 6.92 Å². The molecule has 0 aliphatic rings. The molecule has 0 spiro atoms. The van der Waals surface area contributed by atoms with Crippen molar-refractivity contribution in [1.29, 1.82) is 0 Å². The molecule has 0 bridgehead atoms. The van der Waals surface area contributed by atoms with E-state index in [2.05, 4.69) is 5.10 Å². The summed E-state index contributed by atoms with van der Waals surface area (Å²) in [6.45, 7) is 1.61. The number of carbonyl (C=O) groups excluding carboxylic acids is 1. The number of nitrogen functional groups attached to an aromatic ring is 1. The molecule has 2 aromatic rings. The average Bonchev–Trinajstić information content (AvgIpc) is 2.80. The summed E-state index contributed by atoms with van der Waals surface area (Å²) in [6.07, 6.45) is -4.47. The summed E-state index contributed by atoms with van der Waals surface area (Å²) in [5.41, 5.74) is 4.91. The number of alkyl halides is 3. The topological polar surface area (TPSA) is 70.1 Å². The summed E-state index contributed by atoms with van der Waals surface area (Å²) in [6, 6.07) is 6.41. The predicted octanol–water partition coefficient (Wildman–Crippen LogP) is 2.71. The fourth-order valence-corrected chi connectivity index (χ4v) is 1.96. The predicted molar refractivity (Wildman–Crippen MR) is 73.1 cm³/mol. The molecule has 0 saturated heterocycles. The van der Waals surface area contributed by atoms with E-state index in [1.807, 2.05) is 0 Å². The van der Waals surface area contributed by atoms with Gasteiger partial charge in [0.1, 0.15) is 5.82 Å². The van der Waals surface area contributed by atoms with Gasteiger partial charge in [0, 0.05) is 6.07 Å². The Morgan fingerprint density at radius 1 is 1.36 bits per heavy atom. The van der Waals surface area contributed by atoms with Gasteiger partial charge in [-0.05, 0) is 18.6 Å². The Bertz CT molecular complexity index is 680. The van der Waals surface area contributed by atoms with Crippen LogP contribution in [0.25, 0.3) is 0 Å². The van der Waals surface area contributed by atoms with Crippen LogP contribution < -0.4 is 5.73 Å². The van der Waals surface area contributed by atoms with Crippen LogP contribution in [-0.4, -0.2) is 22.4 Å². The lowest BCUT2D eigenvalue weighted by Gasteiger charge is -2.13. The van der Waals surface area contributed by atoms with E-state index in [4.69, 9.17) is 10.5 Å². The van der Waals surface area contributed by atoms with E-state index in [0.717, 1.165) is 10.7 Å². The Morgan fingerprint density at radius 3 is 2.68 bits per heavy atom. The van der Waals surface area contributed by atoms with Gasteiger partial charge in [0.2, 0.25) is 0 Å². The minimum absolute atomic E-state index is 0.0141. The maximum Gasteiger partial charge on any atom is 0.416 e. The van der Waals surface area contributed by atoms with Gasteiger partial charge in [-0.15, -0.1) is 0 Å². The summed E-state index contributed by atoms with van der Waals surface area (Å²) in [5, 5.41) is 3.90. The van der Waals surface area contributed by atoms with Crippen LogP contribution in [0, 0.1) is 0 Å². The van der Waals surface area contributed by atoms with Crippen molar-refractivity contribution in [3.8, 4) is 0 Å². The number of ether oxygens (including phenoxy) is 1. The van der Waals surface area contributed by atoms with Crippen LogP contribution in [0.5, 0.6) is 0 Å². The van der Waals surface area contributed by atoms with E-state index < -0.39 is 17.7 Å². The highest BCUT2D eigenvalue weighted by atomic mass is 19.4. The maximum absolute atomic E-state index is 13.0. The lowest BCUT2D eigenvalue weighted by molar-refractivity contribution is -0.138. The average molecular weight is 313 g/mol. The third-order valence-corrected chi connectivity index (χ3v) is 2.94. The molecule has 118 valence electrons. The molecule has 0 aliphatic carbocycles. The minimum atomic E-state index is -4.47. The lowest BCUT2D eigenvalue weighted by atomic mass is 10.1.